The van der Waals surface area contributed by atoms with Gasteiger partial charge in [0.1, 0.15) is 16.8 Å². The topological polar surface area (TPSA) is 48.8 Å². The third-order valence-electron chi connectivity index (χ3n) is 7.75. The Morgan fingerprint density at radius 3 is 2.18 bits per heavy atom. The minimum absolute atomic E-state index is 0.875. The van der Waals surface area contributed by atoms with Crippen LogP contribution in [0.15, 0.2) is 126 Å². The van der Waals surface area contributed by atoms with Crippen molar-refractivity contribution in [2.24, 2.45) is 0 Å². The Kier molecular flexibility index (Phi) is 3.99. The van der Waals surface area contributed by atoms with E-state index in [-0.39, 0.29) is 0 Å². The van der Waals surface area contributed by atoms with E-state index < -0.39 is 0 Å². The molecule has 0 fully saturated rings. The average molecular weight is 501 g/mol. The molecule has 0 aliphatic carbocycles. The van der Waals surface area contributed by atoms with Gasteiger partial charge in [0.25, 0.3) is 0 Å². The lowest BCUT2D eigenvalue weighted by atomic mass is 10.1. The fraction of sp³-hybridized carbons (Fsp3) is 0. The van der Waals surface area contributed by atoms with Gasteiger partial charge < -0.3 is 8.98 Å². The van der Waals surface area contributed by atoms with Gasteiger partial charge in [0.15, 0.2) is 0 Å². The van der Waals surface area contributed by atoms with Crippen molar-refractivity contribution in [1.82, 2.24) is 19.1 Å². The number of fused-ring (bicyclic) bond motifs is 9. The van der Waals surface area contributed by atoms with Crippen molar-refractivity contribution < 1.29 is 4.42 Å². The van der Waals surface area contributed by atoms with Gasteiger partial charge in [-0.25, -0.2) is 4.98 Å². The molecule has 0 saturated heterocycles. The van der Waals surface area contributed by atoms with E-state index in [1.54, 1.807) is 0 Å². The van der Waals surface area contributed by atoms with Crippen LogP contribution in [0.2, 0.25) is 0 Å². The molecule has 0 aliphatic heterocycles. The second-order valence-corrected chi connectivity index (χ2v) is 9.90. The molecule has 5 nitrogen and oxygen atoms in total. The highest BCUT2D eigenvalue weighted by Gasteiger charge is 2.20. The van der Waals surface area contributed by atoms with Crippen LogP contribution in [-0.2, 0) is 0 Å². The number of hydrogen-bond donors (Lipinski definition) is 0. The van der Waals surface area contributed by atoms with Gasteiger partial charge in [-0.2, -0.15) is 0 Å². The second kappa shape index (κ2) is 7.55. The molecule has 0 spiro atoms. The Morgan fingerprint density at radius 2 is 1.26 bits per heavy atom. The van der Waals surface area contributed by atoms with Crippen LogP contribution in [-0.4, -0.2) is 19.1 Å². The van der Waals surface area contributed by atoms with Crippen molar-refractivity contribution >= 4 is 65.9 Å². The van der Waals surface area contributed by atoms with E-state index in [2.05, 4.69) is 100 Å². The largest absolute Gasteiger partial charge is 0.456 e. The second-order valence-electron chi connectivity index (χ2n) is 9.90. The third kappa shape index (κ3) is 2.79. The molecule has 9 aromatic rings. The maximum Gasteiger partial charge on any atom is 0.148 e. The van der Waals surface area contributed by atoms with Crippen LogP contribution < -0.4 is 0 Å². The number of nitrogens with zero attached hydrogens (tertiary/aromatic N) is 4. The molecule has 9 rings (SSSR count). The summed E-state index contributed by atoms with van der Waals surface area (Å²) in [6.45, 7) is 0. The smallest absolute Gasteiger partial charge is 0.148 e. The van der Waals surface area contributed by atoms with E-state index >= 15 is 0 Å². The quantitative estimate of drug-likeness (QED) is 0.239. The van der Waals surface area contributed by atoms with Crippen LogP contribution in [0.1, 0.15) is 0 Å². The van der Waals surface area contributed by atoms with E-state index in [4.69, 9.17) is 14.4 Å². The number of furan rings is 1. The first-order chi connectivity index (χ1) is 19.3. The molecule has 5 heteroatoms. The molecule has 0 N–H and O–H groups in total. The summed E-state index contributed by atoms with van der Waals surface area (Å²) >= 11 is 0. The van der Waals surface area contributed by atoms with Gasteiger partial charge in [0.05, 0.1) is 27.6 Å². The summed E-state index contributed by atoms with van der Waals surface area (Å²) in [4.78, 5) is 10.2. The van der Waals surface area contributed by atoms with E-state index in [0.717, 1.165) is 77.3 Å². The molecule has 0 amide bonds. The molecule has 5 aromatic heterocycles. The van der Waals surface area contributed by atoms with E-state index in [1.807, 2.05) is 30.5 Å². The Bertz CT molecular complexity index is 2390. The van der Waals surface area contributed by atoms with Crippen LogP contribution >= 0.6 is 0 Å². The van der Waals surface area contributed by atoms with E-state index in [1.165, 1.54) is 0 Å². The highest BCUT2D eigenvalue weighted by atomic mass is 16.3. The van der Waals surface area contributed by atoms with Crippen LogP contribution in [0.5, 0.6) is 0 Å². The molecular weight excluding hydrogens is 480 g/mol. The summed E-state index contributed by atoms with van der Waals surface area (Å²) in [7, 11) is 0. The Morgan fingerprint density at radius 1 is 0.487 bits per heavy atom. The zero-order valence-electron chi connectivity index (χ0n) is 20.7. The molecular formula is C34H20N4O. The standard InChI is InChI=1S/C34H20N4O/c1-2-9-21(10-3-1)37-27-13-6-4-12-24(27)33-29(37)20-26-32-28(14-8-18-35-32)38(34(26)36-33)22-16-17-31-25(19-22)23-11-5-7-15-30(23)39-31/h1-20H. The molecule has 4 aromatic carbocycles. The summed E-state index contributed by atoms with van der Waals surface area (Å²) in [5.74, 6) is 0. The zero-order valence-corrected chi connectivity index (χ0v) is 20.7. The van der Waals surface area contributed by atoms with E-state index in [0.29, 0.717) is 0 Å². The predicted molar refractivity (Wildman–Crippen MR) is 158 cm³/mol. The lowest BCUT2D eigenvalue weighted by molar-refractivity contribution is 0.669. The number of rotatable bonds is 2. The lowest BCUT2D eigenvalue weighted by Crippen LogP contribution is -1.96. The highest BCUT2D eigenvalue weighted by molar-refractivity contribution is 6.15. The Labute approximate surface area is 222 Å². The van der Waals surface area contributed by atoms with Crippen LogP contribution in [0, 0.1) is 0 Å². The number of benzene rings is 4. The third-order valence-corrected chi connectivity index (χ3v) is 7.75. The van der Waals surface area contributed by atoms with Crippen LogP contribution in [0.25, 0.3) is 77.3 Å². The Balaban J connectivity index is 1.43. The molecule has 39 heavy (non-hydrogen) atoms. The van der Waals surface area contributed by atoms with Gasteiger partial charge in [-0.3, -0.25) is 9.55 Å². The summed E-state index contributed by atoms with van der Waals surface area (Å²) in [5, 5.41) is 4.34. The number of hydrogen-bond acceptors (Lipinski definition) is 3. The van der Waals surface area contributed by atoms with Crippen molar-refractivity contribution in [3.05, 3.63) is 121 Å². The van der Waals surface area contributed by atoms with Crippen molar-refractivity contribution in [3.8, 4) is 11.4 Å². The lowest BCUT2D eigenvalue weighted by Gasteiger charge is -2.08. The monoisotopic (exact) mass is 500 g/mol. The first kappa shape index (κ1) is 20.6. The number of para-hydroxylation sites is 3. The van der Waals surface area contributed by atoms with Crippen molar-refractivity contribution in [2.75, 3.05) is 0 Å². The van der Waals surface area contributed by atoms with Gasteiger partial charge in [-0.05, 0) is 60.7 Å². The van der Waals surface area contributed by atoms with Crippen LogP contribution in [0.4, 0.5) is 0 Å². The zero-order chi connectivity index (χ0) is 25.5. The molecule has 5 heterocycles. The average Bonchev–Trinajstić information content (AvgIpc) is 3.63. The molecule has 0 bridgehead atoms. The van der Waals surface area contributed by atoms with Crippen molar-refractivity contribution in [3.63, 3.8) is 0 Å². The predicted octanol–water partition coefficient (Wildman–Crippen LogP) is 8.57. The molecule has 0 atom stereocenters. The fourth-order valence-electron chi connectivity index (χ4n) is 6.07. The van der Waals surface area contributed by atoms with Gasteiger partial charge >= 0.3 is 0 Å². The fourth-order valence-corrected chi connectivity index (χ4v) is 6.07. The summed E-state index contributed by atoms with van der Waals surface area (Å²) < 4.78 is 10.6. The minimum atomic E-state index is 0.875. The van der Waals surface area contributed by atoms with Gasteiger partial charge in [-0.1, -0.05) is 54.6 Å². The summed E-state index contributed by atoms with van der Waals surface area (Å²) in [5.41, 5.74) is 9.92. The highest BCUT2D eigenvalue weighted by Crippen LogP contribution is 2.38. The van der Waals surface area contributed by atoms with Gasteiger partial charge in [-0.15, -0.1) is 0 Å². The van der Waals surface area contributed by atoms with Crippen LogP contribution in [0.3, 0.4) is 0 Å². The number of pyridine rings is 2. The van der Waals surface area contributed by atoms with Gasteiger partial charge in [0.2, 0.25) is 0 Å². The molecule has 0 aliphatic rings. The molecule has 182 valence electrons. The van der Waals surface area contributed by atoms with E-state index in [9.17, 15) is 0 Å². The number of aromatic nitrogens is 4. The maximum atomic E-state index is 6.11. The minimum Gasteiger partial charge on any atom is -0.456 e. The first-order valence-corrected chi connectivity index (χ1v) is 13.0. The first-order valence-electron chi connectivity index (χ1n) is 13.0. The SMILES string of the molecule is c1ccc(-n2c3ccccc3c3nc4c(cc32)c2ncccc2n4-c2ccc3oc4ccccc4c3c2)cc1. The summed E-state index contributed by atoms with van der Waals surface area (Å²) in [6, 6.07) is 39.9. The molecule has 0 radical (unpaired) electrons. The normalized spacial score (nSPS) is 12.1. The Hall–Kier alpha value is -5.42. The molecule has 0 saturated carbocycles. The van der Waals surface area contributed by atoms with Crippen molar-refractivity contribution in [1.29, 1.82) is 0 Å². The summed E-state index contributed by atoms with van der Waals surface area (Å²) in [6.07, 6.45) is 1.86. The molecule has 0 unspecified atom stereocenters. The van der Waals surface area contributed by atoms with Crippen molar-refractivity contribution in [2.45, 2.75) is 0 Å². The van der Waals surface area contributed by atoms with Gasteiger partial charge in [0, 0.05) is 39.1 Å². The maximum absolute atomic E-state index is 6.11.